The second-order valence-electron chi connectivity index (χ2n) is 6.43. The van der Waals surface area contributed by atoms with Gasteiger partial charge in [-0.2, -0.15) is 0 Å². The first kappa shape index (κ1) is 15.3. The molecule has 3 heterocycles. The molecule has 0 atom stereocenters. The molecule has 1 saturated heterocycles. The maximum Gasteiger partial charge on any atom is 0.410 e. The van der Waals surface area contributed by atoms with Crippen LogP contribution >= 0.6 is 0 Å². The number of amides is 1. The molecule has 3 rings (SSSR count). The fourth-order valence-corrected chi connectivity index (χ4v) is 2.48. The molecule has 1 N–H and O–H groups in total. The summed E-state index contributed by atoms with van der Waals surface area (Å²) in [5, 5.41) is 6.43. The Morgan fingerprint density at radius 3 is 2.61 bits per heavy atom. The van der Waals surface area contributed by atoms with Gasteiger partial charge in [0.1, 0.15) is 5.60 Å². The van der Waals surface area contributed by atoms with Gasteiger partial charge in [-0.3, -0.25) is 0 Å². The highest BCUT2D eigenvalue weighted by atomic mass is 16.6. The van der Waals surface area contributed by atoms with Gasteiger partial charge < -0.3 is 14.5 Å². The molecule has 0 spiro atoms. The van der Waals surface area contributed by atoms with Crippen molar-refractivity contribution in [3.8, 4) is 0 Å². The summed E-state index contributed by atoms with van der Waals surface area (Å²) >= 11 is 0. The Balaban J connectivity index is 1.71. The fraction of sp³-hybridized carbons (Fsp3) is 0.571. The van der Waals surface area contributed by atoms with E-state index in [1.54, 1.807) is 17.3 Å². The zero-order valence-corrected chi connectivity index (χ0v) is 13.4. The first-order valence-electron chi connectivity index (χ1n) is 7.50. The molecule has 23 heavy (non-hydrogen) atoms. The molecule has 0 saturated carbocycles. The largest absolute Gasteiger partial charge is 0.444 e. The summed E-state index contributed by atoms with van der Waals surface area (Å²) in [6.45, 7) is 7.82. The quantitative estimate of drug-likeness (QED) is 0.821. The van der Waals surface area contributed by atoms with E-state index in [4.69, 9.17) is 4.74 Å². The molecule has 2 aromatic heterocycles. The Kier molecular flexibility index (Phi) is 3.70. The fourth-order valence-electron chi connectivity index (χ4n) is 2.48. The lowest BCUT2D eigenvalue weighted by Crippen LogP contribution is -2.50. The van der Waals surface area contributed by atoms with E-state index in [0.29, 0.717) is 37.6 Å². The Morgan fingerprint density at radius 2 is 1.96 bits per heavy atom. The number of hydrogen-bond acceptors (Lipinski definition) is 6. The summed E-state index contributed by atoms with van der Waals surface area (Å²) in [6, 6.07) is 0. The molecule has 0 unspecified atom stereocenters. The molecule has 9 nitrogen and oxygen atoms in total. The molecule has 124 valence electrons. The molecule has 1 fully saturated rings. The van der Waals surface area contributed by atoms with Crippen molar-refractivity contribution in [2.45, 2.75) is 26.4 Å². The minimum absolute atomic E-state index is 0.295. The number of nitrogens with zero attached hydrogens (tertiary/aromatic N) is 5. The van der Waals surface area contributed by atoms with Crippen LogP contribution < -0.4 is 10.6 Å². The lowest BCUT2D eigenvalue weighted by atomic mass is 10.2. The molecule has 2 aromatic rings. The Labute approximate surface area is 132 Å². The van der Waals surface area contributed by atoms with Crippen molar-refractivity contribution in [1.82, 2.24) is 24.5 Å². The molecule has 0 aliphatic carbocycles. The van der Waals surface area contributed by atoms with Crippen LogP contribution in [-0.2, 0) is 4.74 Å². The van der Waals surface area contributed by atoms with Crippen LogP contribution in [0.3, 0.4) is 0 Å². The summed E-state index contributed by atoms with van der Waals surface area (Å²) in [4.78, 5) is 31.7. The van der Waals surface area contributed by atoms with Crippen LogP contribution in [0.15, 0.2) is 17.2 Å². The maximum absolute atomic E-state index is 12.1. The zero-order valence-electron chi connectivity index (χ0n) is 13.4. The van der Waals surface area contributed by atoms with Crippen molar-refractivity contribution in [1.29, 1.82) is 0 Å². The number of H-pyrrole nitrogens is 1. The van der Waals surface area contributed by atoms with Crippen molar-refractivity contribution in [2.75, 3.05) is 31.1 Å². The summed E-state index contributed by atoms with van der Waals surface area (Å²) < 4.78 is 6.80. The Morgan fingerprint density at radius 1 is 1.26 bits per heavy atom. The standard InChI is InChI=1S/C14H20N6O3/c1-14(2,3)23-13(22)19-8-6-18(7-9-19)10-11-16-17-12(21)20(11)5-4-15-10/h4-5H,6-9H2,1-3H3,(H,17,21). The highest BCUT2D eigenvalue weighted by Gasteiger charge is 2.27. The molecular formula is C14H20N6O3. The Bertz CT molecular complexity index is 767. The van der Waals surface area contributed by atoms with E-state index in [9.17, 15) is 9.59 Å². The predicted molar refractivity (Wildman–Crippen MR) is 83.6 cm³/mol. The van der Waals surface area contributed by atoms with Crippen LogP contribution in [0.4, 0.5) is 10.6 Å². The first-order valence-corrected chi connectivity index (χ1v) is 7.50. The van der Waals surface area contributed by atoms with Gasteiger partial charge >= 0.3 is 11.8 Å². The number of aromatic nitrogens is 4. The van der Waals surface area contributed by atoms with Gasteiger partial charge in [-0.05, 0) is 20.8 Å². The van der Waals surface area contributed by atoms with Crippen LogP contribution in [0.5, 0.6) is 0 Å². The summed E-state index contributed by atoms with van der Waals surface area (Å²) in [6.07, 6.45) is 2.83. The monoisotopic (exact) mass is 320 g/mol. The molecule has 1 amide bonds. The number of fused-ring (bicyclic) bond motifs is 1. The number of carbonyl (C=O) groups excluding carboxylic acids is 1. The van der Waals surface area contributed by atoms with Gasteiger partial charge in [-0.1, -0.05) is 0 Å². The number of rotatable bonds is 1. The molecule has 1 aliphatic rings. The third-order valence-corrected chi connectivity index (χ3v) is 3.55. The normalized spacial score (nSPS) is 16.0. The second kappa shape index (κ2) is 5.56. The molecule has 1 aliphatic heterocycles. The average molecular weight is 320 g/mol. The number of carbonyl (C=O) groups is 1. The van der Waals surface area contributed by atoms with Crippen molar-refractivity contribution in [2.24, 2.45) is 0 Å². The molecule has 9 heteroatoms. The van der Waals surface area contributed by atoms with Gasteiger partial charge in [0.15, 0.2) is 5.82 Å². The SMILES string of the molecule is CC(C)(C)OC(=O)N1CCN(c2nccn3c(=O)[nH]nc23)CC1. The third-order valence-electron chi connectivity index (χ3n) is 3.55. The summed E-state index contributed by atoms with van der Waals surface area (Å²) in [5.74, 6) is 0.634. The van der Waals surface area contributed by atoms with Crippen LogP contribution in [0, 0.1) is 0 Å². The average Bonchev–Trinajstić information content (AvgIpc) is 2.87. The first-order chi connectivity index (χ1) is 10.8. The van der Waals surface area contributed by atoms with Crippen molar-refractivity contribution in [3.05, 3.63) is 22.9 Å². The molecule has 0 radical (unpaired) electrons. The minimum atomic E-state index is -0.502. The third kappa shape index (κ3) is 3.13. The summed E-state index contributed by atoms with van der Waals surface area (Å²) in [5.41, 5.74) is -0.309. The van der Waals surface area contributed by atoms with E-state index >= 15 is 0 Å². The van der Waals surface area contributed by atoms with E-state index in [2.05, 4.69) is 15.2 Å². The molecule has 0 bridgehead atoms. The number of nitrogens with one attached hydrogen (secondary N) is 1. The molecular weight excluding hydrogens is 300 g/mol. The minimum Gasteiger partial charge on any atom is -0.444 e. The van der Waals surface area contributed by atoms with Crippen LogP contribution in [0.2, 0.25) is 0 Å². The van der Waals surface area contributed by atoms with Gasteiger partial charge in [-0.15, -0.1) is 5.10 Å². The summed E-state index contributed by atoms with van der Waals surface area (Å²) in [7, 11) is 0. The highest BCUT2D eigenvalue weighted by Crippen LogP contribution is 2.18. The predicted octanol–water partition coefficient (Wildman–Crippen LogP) is 0.475. The zero-order chi connectivity index (χ0) is 16.6. The topological polar surface area (TPSA) is 95.8 Å². The van der Waals surface area contributed by atoms with Gasteiger partial charge in [-0.25, -0.2) is 24.1 Å². The second-order valence-corrected chi connectivity index (χ2v) is 6.43. The van der Waals surface area contributed by atoms with Crippen molar-refractivity contribution >= 4 is 17.6 Å². The lowest BCUT2D eigenvalue weighted by molar-refractivity contribution is 0.0240. The van der Waals surface area contributed by atoms with E-state index in [1.165, 1.54) is 4.40 Å². The van der Waals surface area contributed by atoms with Gasteiger partial charge in [0.25, 0.3) is 0 Å². The van der Waals surface area contributed by atoms with Gasteiger partial charge in [0.05, 0.1) is 0 Å². The van der Waals surface area contributed by atoms with Crippen LogP contribution in [0.25, 0.3) is 5.65 Å². The van der Waals surface area contributed by atoms with E-state index in [0.717, 1.165) is 0 Å². The van der Waals surface area contributed by atoms with Crippen molar-refractivity contribution in [3.63, 3.8) is 0 Å². The van der Waals surface area contributed by atoms with Crippen LogP contribution in [0.1, 0.15) is 20.8 Å². The number of ether oxygens (including phenoxy) is 1. The number of hydrogen-bond donors (Lipinski definition) is 1. The lowest BCUT2D eigenvalue weighted by Gasteiger charge is -2.36. The van der Waals surface area contributed by atoms with Crippen LogP contribution in [-0.4, -0.2) is 62.4 Å². The van der Waals surface area contributed by atoms with E-state index in [-0.39, 0.29) is 11.8 Å². The highest BCUT2D eigenvalue weighted by molar-refractivity contribution is 5.69. The number of aromatic amines is 1. The molecule has 0 aromatic carbocycles. The number of piperazine rings is 1. The smallest absolute Gasteiger partial charge is 0.410 e. The number of anilines is 1. The van der Waals surface area contributed by atoms with Gasteiger partial charge in [0.2, 0.25) is 5.65 Å². The van der Waals surface area contributed by atoms with E-state index in [1.807, 2.05) is 25.7 Å². The maximum atomic E-state index is 12.1. The van der Waals surface area contributed by atoms with Gasteiger partial charge in [0, 0.05) is 38.6 Å². The van der Waals surface area contributed by atoms with Crippen molar-refractivity contribution < 1.29 is 9.53 Å². The Hall–Kier alpha value is -2.58. The van der Waals surface area contributed by atoms with E-state index < -0.39 is 5.60 Å².